The highest BCUT2D eigenvalue weighted by atomic mass is 16.6. The fraction of sp³-hybridized carbons (Fsp3) is 0.526. The van der Waals surface area contributed by atoms with Gasteiger partial charge in [0.25, 0.3) is 0 Å². The van der Waals surface area contributed by atoms with Crippen LogP contribution in [0.5, 0.6) is 0 Å². The van der Waals surface area contributed by atoms with Crippen molar-refractivity contribution in [1.82, 2.24) is 0 Å². The van der Waals surface area contributed by atoms with Gasteiger partial charge in [-0.3, -0.25) is 0 Å². The lowest BCUT2D eigenvalue weighted by molar-refractivity contribution is -0.151. The van der Waals surface area contributed by atoms with Crippen molar-refractivity contribution in [3.63, 3.8) is 0 Å². The number of ether oxygens (including phenoxy) is 1. The van der Waals surface area contributed by atoms with Gasteiger partial charge in [-0.25, -0.2) is 4.79 Å². The number of carbonyl (C=O) groups is 1. The normalized spacial score (nSPS) is 36.0. The highest BCUT2D eigenvalue weighted by Crippen LogP contribution is 2.80. The van der Waals surface area contributed by atoms with E-state index in [0.717, 1.165) is 6.42 Å². The van der Waals surface area contributed by atoms with Crippen molar-refractivity contribution in [2.45, 2.75) is 51.0 Å². The largest absolute Gasteiger partial charge is 0.450 e. The third-order valence-electron chi connectivity index (χ3n) is 6.02. The van der Waals surface area contributed by atoms with Gasteiger partial charge in [0.05, 0.1) is 0 Å². The van der Waals surface area contributed by atoms with Gasteiger partial charge in [-0.1, -0.05) is 37.3 Å². The molecule has 0 N–H and O–H groups in total. The molecule has 3 aliphatic rings. The predicted octanol–water partition coefficient (Wildman–Crippen LogP) is 4.14. The Morgan fingerprint density at radius 3 is 2.86 bits per heavy atom. The van der Waals surface area contributed by atoms with Crippen molar-refractivity contribution in [1.29, 1.82) is 0 Å². The summed E-state index contributed by atoms with van der Waals surface area (Å²) in [7, 11) is 0. The fourth-order valence-electron chi connectivity index (χ4n) is 5.21. The molecule has 1 unspecified atom stereocenters. The van der Waals surface area contributed by atoms with Gasteiger partial charge in [0.15, 0.2) is 0 Å². The van der Waals surface area contributed by atoms with E-state index in [-0.39, 0.29) is 17.0 Å². The standard InChI is InChI=1S/C19H22O2/c1-13(2)17(20)21-19-15-9-4-3-7-14(15)8-5-11-18(19)12-6-10-16(18)19/h3-4,7,9,16H,1,5-6,8,10-12H2,2H3/t16-,18?,19+/m0/s1. The van der Waals surface area contributed by atoms with Gasteiger partial charge in [0, 0.05) is 16.9 Å². The predicted molar refractivity (Wildman–Crippen MR) is 81.7 cm³/mol. The van der Waals surface area contributed by atoms with Crippen LogP contribution in [-0.2, 0) is 21.6 Å². The molecule has 3 aliphatic carbocycles. The summed E-state index contributed by atoms with van der Waals surface area (Å²) in [6, 6.07) is 8.58. The van der Waals surface area contributed by atoms with Crippen molar-refractivity contribution in [2.75, 3.05) is 0 Å². The third kappa shape index (κ3) is 1.51. The van der Waals surface area contributed by atoms with Gasteiger partial charge >= 0.3 is 5.97 Å². The van der Waals surface area contributed by atoms with E-state index in [2.05, 4.69) is 30.8 Å². The van der Waals surface area contributed by atoms with Crippen LogP contribution < -0.4 is 0 Å². The van der Waals surface area contributed by atoms with Crippen LogP contribution in [0.25, 0.3) is 0 Å². The summed E-state index contributed by atoms with van der Waals surface area (Å²) in [6.45, 7) is 5.51. The van der Waals surface area contributed by atoms with E-state index in [9.17, 15) is 4.79 Å². The van der Waals surface area contributed by atoms with Crippen LogP contribution in [0.3, 0.4) is 0 Å². The summed E-state index contributed by atoms with van der Waals surface area (Å²) in [5, 5.41) is 0. The summed E-state index contributed by atoms with van der Waals surface area (Å²) >= 11 is 0. The molecule has 1 aromatic rings. The summed E-state index contributed by atoms with van der Waals surface area (Å²) in [5.41, 5.74) is 3.02. The Morgan fingerprint density at radius 2 is 2.05 bits per heavy atom. The quantitative estimate of drug-likeness (QED) is 0.602. The number of aryl methyl sites for hydroxylation is 1. The highest BCUT2D eigenvalue weighted by Gasteiger charge is 2.81. The lowest BCUT2D eigenvalue weighted by Crippen LogP contribution is -2.27. The van der Waals surface area contributed by atoms with E-state index in [1.54, 1.807) is 6.92 Å². The van der Waals surface area contributed by atoms with E-state index >= 15 is 0 Å². The first-order chi connectivity index (χ1) is 10.1. The Morgan fingerprint density at radius 1 is 1.29 bits per heavy atom. The fourth-order valence-corrected chi connectivity index (χ4v) is 5.21. The van der Waals surface area contributed by atoms with E-state index < -0.39 is 0 Å². The number of hydrogen-bond acceptors (Lipinski definition) is 2. The van der Waals surface area contributed by atoms with E-state index in [0.29, 0.717) is 11.5 Å². The van der Waals surface area contributed by atoms with Gasteiger partial charge in [0.2, 0.25) is 0 Å². The molecule has 2 heteroatoms. The monoisotopic (exact) mass is 282 g/mol. The van der Waals surface area contributed by atoms with Crippen molar-refractivity contribution >= 4 is 5.97 Å². The first-order valence-electron chi connectivity index (χ1n) is 8.09. The highest BCUT2D eigenvalue weighted by molar-refractivity contribution is 5.88. The minimum atomic E-state index is -0.353. The van der Waals surface area contributed by atoms with Crippen molar-refractivity contribution in [3.8, 4) is 0 Å². The molecule has 0 saturated heterocycles. The Bertz CT molecular complexity index is 632. The molecule has 1 spiro atoms. The molecule has 3 atom stereocenters. The van der Waals surface area contributed by atoms with E-state index in [4.69, 9.17) is 4.74 Å². The van der Waals surface area contributed by atoms with Gasteiger partial charge in [-0.2, -0.15) is 0 Å². The Labute approximate surface area is 126 Å². The van der Waals surface area contributed by atoms with Crippen LogP contribution in [-0.4, -0.2) is 5.97 Å². The number of rotatable bonds is 2. The lowest BCUT2D eigenvalue weighted by atomic mass is 9.89. The van der Waals surface area contributed by atoms with Crippen LogP contribution in [0.2, 0.25) is 0 Å². The second-order valence-corrected chi connectivity index (χ2v) is 7.02. The van der Waals surface area contributed by atoms with E-state index in [1.165, 1.54) is 43.2 Å². The zero-order chi connectivity index (χ0) is 14.7. The second-order valence-electron chi connectivity index (χ2n) is 7.02. The molecule has 110 valence electrons. The molecule has 2 nitrogen and oxygen atoms in total. The van der Waals surface area contributed by atoms with Gasteiger partial charge in [0.1, 0.15) is 5.60 Å². The Kier molecular flexibility index (Phi) is 2.64. The van der Waals surface area contributed by atoms with Gasteiger partial charge in [-0.05, 0) is 50.2 Å². The average Bonchev–Trinajstić information content (AvgIpc) is 2.79. The van der Waals surface area contributed by atoms with Gasteiger partial charge in [-0.15, -0.1) is 0 Å². The number of esters is 1. The van der Waals surface area contributed by atoms with Crippen LogP contribution in [0, 0.1) is 11.3 Å². The number of carbonyl (C=O) groups excluding carboxylic acids is 1. The number of hydrogen-bond donors (Lipinski definition) is 0. The average molecular weight is 282 g/mol. The lowest BCUT2D eigenvalue weighted by Gasteiger charge is -2.27. The molecule has 4 rings (SSSR count). The molecule has 0 heterocycles. The van der Waals surface area contributed by atoms with Crippen LogP contribution in [0.4, 0.5) is 0 Å². The third-order valence-corrected chi connectivity index (χ3v) is 6.02. The van der Waals surface area contributed by atoms with Crippen LogP contribution in [0.15, 0.2) is 36.4 Å². The summed E-state index contributed by atoms with van der Waals surface area (Å²) in [4.78, 5) is 12.3. The zero-order valence-electron chi connectivity index (χ0n) is 12.7. The summed E-state index contributed by atoms with van der Waals surface area (Å²) < 4.78 is 6.14. The second kappa shape index (κ2) is 4.22. The minimum absolute atomic E-state index is 0.213. The maximum Gasteiger partial charge on any atom is 0.334 e. The van der Waals surface area contributed by atoms with Gasteiger partial charge < -0.3 is 4.74 Å². The van der Waals surface area contributed by atoms with Crippen molar-refractivity contribution < 1.29 is 9.53 Å². The maximum absolute atomic E-state index is 12.3. The molecular formula is C19H22O2. The first kappa shape index (κ1) is 13.1. The molecule has 2 fully saturated rings. The zero-order valence-corrected chi connectivity index (χ0v) is 12.7. The Balaban J connectivity index is 1.84. The topological polar surface area (TPSA) is 26.3 Å². The summed E-state index contributed by atoms with van der Waals surface area (Å²) in [6.07, 6.45) is 7.18. The molecule has 0 aliphatic heterocycles. The molecule has 0 aromatic heterocycles. The number of fused-ring (bicyclic) bond motifs is 3. The smallest absolute Gasteiger partial charge is 0.334 e. The molecule has 2 saturated carbocycles. The molecule has 21 heavy (non-hydrogen) atoms. The first-order valence-corrected chi connectivity index (χ1v) is 8.09. The summed E-state index contributed by atoms with van der Waals surface area (Å²) in [5.74, 6) is 0.301. The van der Waals surface area contributed by atoms with E-state index in [1.807, 2.05) is 0 Å². The van der Waals surface area contributed by atoms with Crippen molar-refractivity contribution in [2.24, 2.45) is 11.3 Å². The minimum Gasteiger partial charge on any atom is -0.450 e. The molecule has 1 aromatic carbocycles. The Hall–Kier alpha value is -1.57. The molecular weight excluding hydrogens is 260 g/mol. The van der Waals surface area contributed by atoms with Crippen LogP contribution in [0.1, 0.15) is 50.2 Å². The SMILES string of the molecule is C=C(C)C(=O)O[C@@]12c3ccccc3CCCC13CCC[C@@H]32. The number of benzene rings is 1. The molecule has 0 amide bonds. The maximum atomic E-state index is 12.3. The molecule has 0 bridgehead atoms. The van der Waals surface area contributed by atoms with Crippen LogP contribution >= 0.6 is 0 Å². The molecule has 0 radical (unpaired) electrons. The van der Waals surface area contributed by atoms with Crippen molar-refractivity contribution in [3.05, 3.63) is 47.5 Å².